The summed E-state index contributed by atoms with van der Waals surface area (Å²) >= 11 is 0. The van der Waals surface area contributed by atoms with Crippen molar-refractivity contribution in [3.63, 3.8) is 0 Å². The fourth-order valence-electron chi connectivity index (χ4n) is 4.71. The van der Waals surface area contributed by atoms with Gasteiger partial charge in [0, 0.05) is 37.3 Å². The van der Waals surface area contributed by atoms with E-state index in [1.807, 2.05) is 4.90 Å². The van der Waals surface area contributed by atoms with E-state index in [0.717, 1.165) is 19.3 Å². The maximum absolute atomic E-state index is 13.0. The van der Waals surface area contributed by atoms with Gasteiger partial charge in [0.25, 0.3) is 5.91 Å². The highest BCUT2D eigenvalue weighted by Gasteiger charge is 2.29. The molecule has 31 heavy (non-hydrogen) atoms. The first-order valence-corrected chi connectivity index (χ1v) is 11.4. The zero-order valence-electron chi connectivity index (χ0n) is 18.8. The smallest absolute Gasteiger partial charge is 0.255 e. The Balaban J connectivity index is 1.35. The third kappa shape index (κ3) is 4.78. The largest absolute Gasteiger partial charge is 0.467 e. The average molecular weight is 424 g/mol. The van der Waals surface area contributed by atoms with Gasteiger partial charge in [0.15, 0.2) is 0 Å². The molecule has 1 aromatic heterocycles. The molecule has 1 N–H and O–H groups in total. The Morgan fingerprint density at radius 2 is 1.90 bits per heavy atom. The fourth-order valence-corrected chi connectivity index (χ4v) is 4.71. The molecule has 1 saturated heterocycles. The van der Waals surface area contributed by atoms with Crippen LogP contribution in [0.2, 0.25) is 0 Å². The van der Waals surface area contributed by atoms with Crippen molar-refractivity contribution in [2.45, 2.75) is 65.1 Å². The molecule has 166 valence electrons. The first kappa shape index (κ1) is 21.5. The highest BCUT2D eigenvalue weighted by Crippen LogP contribution is 2.33. The third-order valence-electron chi connectivity index (χ3n) is 6.42. The molecule has 0 aliphatic carbocycles. The lowest BCUT2D eigenvalue weighted by Crippen LogP contribution is -2.46. The van der Waals surface area contributed by atoms with Crippen LogP contribution < -0.4 is 10.2 Å². The number of amides is 2. The third-order valence-corrected chi connectivity index (χ3v) is 6.42. The molecule has 2 aliphatic heterocycles. The number of nitrogens with zero attached hydrogens (tertiary/aromatic N) is 2. The number of furan rings is 1. The Morgan fingerprint density at radius 3 is 2.65 bits per heavy atom. The number of hydrogen-bond acceptors (Lipinski definition) is 4. The number of piperidine rings is 1. The summed E-state index contributed by atoms with van der Waals surface area (Å²) < 4.78 is 5.73. The highest BCUT2D eigenvalue weighted by atomic mass is 16.3. The van der Waals surface area contributed by atoms with Crippen molar-refractivity contribution in [2.24, 2.45) is 5.92 Å². The monoisotopic (exact) mass is 423 g/mol. The Bertz CT molecular complexity index is 928. The van der Waals surface area contributed by atoms with Crippen molar-refractivity contribution in [2.75, 3.05) is 18.0 Å². The summed E-state index contributed by atoms with van der Waals surface area (Å²) in [6.45, 7) is 8.32. The van der Waals surface area contributed by atoms with Gasteiger partial charge in [-0.1, -0.05) is 32.0 Å². The number of para-hydroxylation sites is 1. The van der Waals surface area contributed by atoms with Crippen molar-refractivity contribution < 1.29 is 14.0 Å². The summed E-state index contributed by atoms with van der Waals surface area (Å²) in [7, 11) is 0. The van der Waals surface area contributed by atoms with Crippen molar-refractivity contribution in [3.8, 4) is 0 Å². The summed E-state index contributed by atoms with van der Waals surface area (Å²) in [6, 6.07) is 10.6. The molecule has 0 saturated carbocycles. The van der Waals surface area contributed by atoms with Crippen molar-refractivity contribution in [1.29, 1.82) is 0 Å². The zero-order chi connectivity index (χ0) is 22.0. The van der Waals surface area contributed by atoms with Crippen LogP contribution in [0.4, 0.5) is 5.69 Å². The molecule has 0 radical (unpaired) electrons. The fraction of sp³-hybridized carbons (Fsp3) is 0.520. The van der Waals surface area contributed by atoms with Gasteiger partial charge in [0.05, 0.1) is 18.4 Å². The Morgan fingerprint density at radius 1 is 1.16 bits per heavy atom. The average Bonchev–Trinajstić information content (AvgIpc) is 3.33. The molecule has 1 atom stereocenters. The van der Waals surface area contributed by atoms with Crippen molar-refractivity contribution in [3.05, 3.63) is 53.5 Å². The summed E-state index contributed by atoms with van der Waals surface area (Å²) in [5, 5.41) is 3.16. The molecular formula is C25H33N3O3. The Kier molecular flexibility index (Phi) is 6.35. The molecular weight excluding hydrogens is 390 g/mol. The molecule has 2 aromatic rings. The lowest BCUT2D eigenvalue weighted by Gasteiger charge is -2.33. The van der Waals surface area contributed by atoms with Crippen LogP contribution in [0.3, 0.4) is 0 Å². The molecule has 2 aliphatic rings. The molecule has 1 fully saturated rings. The van der Waals surface area contributed by atoms with E-state index in [4.69, 9.17) is 4.42 Å². The van der Waals surface area contributed by atoms with Gasteiger partial charge in [-0.25, -0.2) is 0 Å². The predicted molar refractivity (Wildman–Crippen MR) is 121 cm³/mol. The lowest BCUT2D eigenvalue weighted by molar-refractivity contribution is -0.133. The number of fused-ring (bicyclic) bond motifs is 1. The van der Waals surface area contributed by atoms with E-state index in [9.17, 15) is 9.59 Å². The van der Waals surface area contributed by atoms with E-state index in [1.165, 1.54) is 11.3 Å². The van der Waals surface area contributed by atoms with Crippen molar-refractivity contribution >= 4 is 17.5 Å². The second kappa shape index (κ2) is 9.16. The summed E-state index contributed by atoms with van der Waals surface area (Å²) in [4.78, 5) is 29.5. The lowest BCUT2D eigenvalue weighted by atomic mass is 10.0. The first-order valence-electron chi connectivity index (χ1n) is 11.4. The van der Waals surface area contributed by atoms with Gasteiger partial charge in [0.1, 0.15) is 5.76 Å². The van der Waals surface area contributed by atoms with Gasteiger partial charge >= 0.3 is 0 Å². The first-order chi connectivity index (χ1) is 14.9. The standard InChI is InChI=1S/C25H33N3O3/c1-17(2)14-24(29)27-11-8-20(9-12-27)26-25(30)21-10-13-31-23(21)16-28-18(3)15-19-6-4-5-7-22(19)28/h4-7,10,13,17-18,20H,8-9,11-12,14-16H2,1-3H3,(H,26,30). The summed E-state index contributed by atoms with van der Waals surface area (Å²) in [6.07, 6.45) is 4.78. The van der Waals surface area contributed by atoms with E-state index < -0.39 is 0 Å². The minimum absolute atomic E-state index is 0.0872. The van der Waals surface area contributed by atoms with Crippen LogP contribution >= 0.6 is 0 Å². The van der Waals surface area contributed by atoms with Crippen LogP contribution in [0.5, 0.6) is 0 Å². The number of carbonyl (C=O) groups excluding carboxylic acids is 2. The quantitative estimate of drug-likeness (QED) is 0.763. The van der Waals surface area contributed by atoms with E-state index in [2.05, 4.69) is 55.3 Å². The zero-order valence-corrected chi connectivity index (χ0v) is 18.8. The van der Waals surface area contributed by atoms with Crippen LogP contribution in [0.15, 0.2) is 41.0 Å². The minimum atomic E-state index is -0.0872. The number of benzene rings is 1. The normalized spacial score (nSPS) is 19.0. The minimum Gasteiger partial charge on any atom is -0.467 e. The number of likely N-dealkylation sites (tertiary alicyclic amines) is 1. The van der Waals surface area contributed by atoms with Gasteiger partial charge in [0.2, 0.25) is 5.91 Å². The van der Waals surface area contributed by atoms with E-state index >= 15 is 0 Å². The van der Waals surface area contributed by atoms with Gasteiger partial charge in [-0.3, -0.25) is 9.59 Å². The van der Waals surface area contributed by atoms with E-state index in [0.29, 0.717) is 49.3 Å². The molecule has 1 unspecified atom stereocenters. The van der Waals surface area contributed by atoms with E-state index in [1.54, 1.807) is 12.3 Å². The van der Waals surface area contributed by atoms with Crippen molar-refractivity contribution in [1.82, 2.24) is 10.2 Å². The Hall–Kier alpha value is -2.76. The molecule has 6 heteroatoms. The molecule has 0 bridgehead atoms. The SMILES string of the molecule is CC(C)CC(=O)N1CCC(NC(=O)c2ccoc2CN2c3ccccc3CC2C)CC1. The molecule has 1 aromatic carbocycles. The predicted octanol–water partition coefficient (Wildman–Crippen LogP) is 4.00. The van der Waals surface area contributed by atoms with E-state index in [-0.39, 0.29) is 17.9 Å². The molecule has 3 heterocycles. The number of hydrogen-bond donors (Lipinski definition) is 1. The second-order valence-corrected chi connectivity index (χ2v) is 9.29. The van der Waals surface area contributed by atoms with Crippen LogP contribution in [0.25, 0.3) is 0 Å². The Labute approximate surface area is 184 Å². The number of nitrogens with one attached hydrogen (secondary N) is 1. The van der Waals surface area contributed by atoms with Gasteiger partial charge in [-0.15, -0.1) is 0 Å². The topological polar surface area (TPSA) is 65.8 Å². The molecule has 4 rings (SSSR count). The number of anilines is 1. The molecule has 0 spiro atoms. The van der Waals surface area contributed by atoms with Gasteiger partial charge in [-0.2, -0.15) is 0 Å². The maximum Gasteiger partial charge on any atom is 0.255 e. The second-order valence-electron chi connectivity index (χ2n) is 9.29. The highest BCUT2D eigenvalue weighted by molar-refractivity contribution is 5.95. The summed E-state index contributed by atoms with van der Waals surface area (Å²) in [5.74, 6) is 1.20. The van der Waals surface area contributed by atoms with Gasteiger partial charge in [-0.05, 0) is 49.8 Å². The maximum atomic E-state index is 13.0. The van der Waals surface area contributed by atoms with Gasteiger partial charge < -0.3 is 19.5 Å². The van der Waals surface area contributed by atoms with Crippen LogP contribution in [0.1, 0.15) is 61.7 Å². The molecule has 2 amide bonds. The van der Waals surface area contributed by atoms with Crippen LogP contribution in [-0.4, -0.2) is 41.9 Å². The molecule has 6 nitrogen and oxygen atoms in total. The summed E-state index contributed by atoms with van der Waals surface area (Å²) in [5.41, 5.74) is 3.16. The van der Waals surface area contributed by atoms with Crippen LogP contribution in [0, 0.1) is 5.92 Å². The number of carbonyl (C=O) groups is 2. The van der Waals surface area contributed by atoms with Crippen LogP contribution in [-0.2, 0) is 17.8 Å². The number of rotatable bonds is 6.